The molecule has 76 valence electrons. The van der Waals surface area contributed by atoms with Crippen molar-refractivity contribution < 1.29 is 4.39 Å². The predicted octanol–water partition coefficient (Wildman–Crippen LogP) is 3.95. The van der Waals surface area contributed by atoms with Crippen LogP contribution in [-0.4, -0.2) is 4.98 Å². The maximum absolute atomic E-state index is 13.0. The third-order valence-electron chi connectivity index (χ3n) is 1.82. The van der Waals surface area contributed by atoms with Crippen molar-refractivity contribution in [3.8, 4) is 0 Å². The summed E-state index contributed by atoms with van der Waals surface area (Å²) in [6.07, 6.45) is 1.65. The van der Waals surface area contributed by atoms with Crippen LogP contribution in [0, 0.1) is 5.82 Å². The lowest BCUT2D eigenvalue weighted by Gasteiger charge is -1.96. The molecule has 2 rings (SSSR count). The van der Waals surface area contributed by atoms with Gasteiger partial charge in [-0.05, 0) is 12.1 Å². The van der Waals surface area contributed by atoms with Crippen LogP contribution in [0.3, 0.4) is 0 Å². The molecule has 6 heteroatoms. The van der Waals surface area contributed by atoms with Crippen LogP contribution in [0.25, 0.3) is 10.9 Å². The van der Waals surface area contributed by atoms with Gasteiger partial charge in [0, 0.05) is 23.4 Å². The van der Waals surface area contributed by atoms with Gasteiger partial charge in [0.1, 0.15) is 5.82 Å². The van der Waals surface area contributed by atoms with Gasteiger partial charge in [0.15, 0.2) is 0 Å². The minimum Gasteiger partial charge on any atom is -0.359 e. The summed E-state index contributed by atoms with van der Waals surface area (Å²) in [5.74, 6) is -0.447. The average molecular weight is 256 g/mol. The summed E-state index contributed by atoms with van der Waals surface area (Å²) in [6.45, 7) is 0. The Balaban J connectivity index is 0.000000980. The molecular weight excluding hydrogens is 249 g/mol. The first kappa shape index (κ1) is 11.4. The van der Waals surface area contributed by atoms with E-state index in [1.165, 1.54) is 12.1 Å². The molecule has 0 bridgehead atoms. The van der Waals surface area contributed by atoms with Crippen LogP contribution in [-0.2, 0) is 0 Å². The Morgan fingerprint density at radius 3 is 2.71 bits per heavy atom. The molecule has 1 heterocycles. The first-order valence-electron chi connectivity index (χ1n) is 3.55. The van der Waals surface area contributed by atoms with Gasteiger partial charge in [0.2, 0.25) is 0 Å². The summed E-state index contributed by atoms with van der Waals surface area (Å²) in [4.78, 5) is 5.32. The number of hydrogen-bond donors (Lipinski definition) is 2. The molecule has 0 amide bonds. The fourth-order valence-electron chi connectivity index (χ4n) is 1.19. The van der Waals surface area contributed by atoms with Crippen LogP contribution in [0.5, 0.6) is 0 Å². The van der Waals surface area contributed by atoms with E-state index >= 15 is 0 Å². The van der Waals surface area contributed by atoms with Gasteiger partial charge in [-0.2, -0.15) is 0 Å². The highest BCUT2D eigenvalue weighted by atomic mass is 35.5. The van der Waals surface area contributed by atoms with Gasteiger partial charge in [-0.15, -0.1) is 12.4 Å². The number of rotatable bonds is 1. The Morgan fingerprint density at radius 2 is 2.07 bits per heavy atom. The monoisotopic (exact) mass is 254 g/mol. The van der Waals surface area contributed by atoms with Gasteiger partial charge in [-0.25, -0.2) is 4.39 Å². The number of halogens is 4. The third-order valence-corrected chi connectivity index (χ3v) is 2.32. The number of fused-ring (bicyclic) bond motifs is 1. The molecule has 2 N–H and O–H groups in total. The molecule has 0 fully saturated rings. The lowest BCUT2D eigenvalue weighted by atomic mass is 10.2. The Kier molecular flexibility index (Phi) is 3.48. The quantitative estimate of drug-likeness (QED) is 0.742. The fraction of sp³-hybridized carbons (Fsp3) is 0. The van der Waals surface area contributed by atoms with Crippen molar-refractivity contribution in [1.82, 2.24) is 4.98 Å². The number of aromatic amines is 1. The molecule has 0 unspecified atom stereocenters. The number of nitrogens with one attached hydrogen (secondary N) is 2. The SMILES string of the molecule is Cl.Fc1cc2[nH]cc(NCl)c2cc1Cl. The maximum atomic E-state index is 13.0. The molecule has 0 aliphatic rings. The van der Waals surface area contributed by atoms with Crippen LogP contribution < -0.4 is 4.84 Å². The number of H-pyrrole nitrogens is 1. The van der Waals surface area contributed by atoms with E-state index in [0.717, 1.165) is 5.39 Å². The molecule has 0 saturated carbocycles. The Labute approximate surface area is 95.9 Å². The van der Waals surface area contributed by atoms with Gasteiger partial charge < -0.3 is 4.98 Å². The van der Waals surface area contributed by atoms with Gasteiger partial charge in [-0.3, -0.25) is 4.84 Å². The standard InChI is InChI=1S/C8H5Cl2FN2.ClH/c9-5-1-4-7(2-6(5)11)12-3-8(4)13-10;/h1-3,12-13H;1H. The van der Waals surface area contributed by atoms with E-state index in [9.17, 15) is 4.39 Å². The minimum atomic E-state index is -0.447. The van der Waals surface area contributed by atoms with Crippen molar-refractivity contribution in [1.29, 1.82) is 0 Å². The molecule has 2 aromatic rings. The molecule has 0 aliphatic carbocycles. The van der Waals surface area contributed by atoms with Crippen LogP contribution in [0.15, 0.2) is 18.3 Å². The van der Waals surface area contributed by atoms with Crippen molar-refractivity contribution in [2.45, 2.75) is 0 Å². The molecule has 1 aromatic carbocycles. The summed E-state index contributed by atoms with van der Waals surface area (Å²) in [7, 11) is 0. The lowest BCUT2D eigenvalue weighted by Crippen LogP contribution is -1.79. The minimum absolute atomic E-state index is 0. The summed E-state index contributed by atoms with van der Waals surface area (Å²) in [5, 5.41) is 0.849. The lowest BCUT2D eigenvalue weighted by molar-refractivity contribution is 0.630. The number of benzene rings is 1. The Morgan fingerprint density at radius 1 is 1.36 bits per heavy atom. The third kappa shape index (κ3) is 1.75. The van der Waals surface area contributed by atoms with Gasteiger partial charge >= 0.3 is 0 Å². The van der Waals surface area contributed by atoms with Crippen molar-refractivity contribution in [2.75, 3.05) is 4.84 Å². The van der Waals surface area contributed by atoms with E-state index in [1.807, 2.05) is 0 Å². The maximum Gasteiger partial charge on any atom is 0.143 e. The van der Waals surface area contributed by atoms with Gasteiger partial charge in [0.25, 0.3) is 0 Å². The van der Waals surface area contributed by atoms with E-state index in [1.54, 1.807) is 6.20 Å². The highest BCUT2D eigenvalue weighted by Gasteiger charge is 2.06. The van der Waals surface area contributed by atoms with E-state index in [4.69, 9.17) is 23.4 Å². The van der Waals surface area contributed by atoms with Crippen LogP contribution in [0.2, 0.25) is 5.02 Å². The number of aromatic nitrogens is 1. The number of hydrogen-bond acceptors (Lipinski definition) is 1. The molecule has 0 radical (unpaired) electrons. The second-order valence-corrected chi connectivity index (χ2v) is 3.20. The molecule has 1 aromatic heterocycles. The fourth-order valence-corrected chi connectivity index (χ4v) is 1.51. The van der Waals surface area contributed by atoms with Crippen molar-refractivity contribution in [3.63, 3.8) is 0 Å². The summed E-state index contributed by atoms with van der Waals surface area (Å²) < 4.78 is 13.0. The van der Waals surface area contributed by atoms with E-state index in [0.29, 0.717) is 11.2 Å². The second-order valence-electron chi connectivity index (χ2n) is 2.61. The molecule has 0 aliphatic heterocycles. The van der Waals surface area contributed by atoms with Crippen molar-refractivity contribution in [2.24, 2.45) is 0 Å². The predicted molar refractivity (Wildman–Crippen MR) is 60.0 cm³/mol. The highest BCUT2D eigenvalue weighted by Crippen LogP contribution is 2.28. The molecule has 14 heavy (non-hydrogen) atoms. The van der Waals surface area contributed by atoms with Crippen LogP contribution in [0.1, 0.15) is 0 Å². The smallest absolute Gasteiger partial charge is 0.143 e. The Bertz CT molecular complexity index is 455. The molecule has 0 saturated heterocycles. The normalized spacial score (nSPS) is 9.93. The zero-order valence-electron chi connectivity index (χ0n) is 6.77. The van der Waals surface area contributed by atoms with Gasteiger partial charge in [0.05, 0.1) is 16.2 Å². The largest absolute Gasteiger partial charge is 0.359 e. The molecule has 0 spiro atoms. The summed E-state index contributed by atoms with van der Waals surface area (Å²) >= 11 is 11.0. The van der Waals surface area contributed by atoms with Crippen LogP contribution in [0.4, 0.5) is 10.1 Å². The zero-order chi connectivity index (χ0) is 9.42. The van der Waals surface area contributed by atoms with Crippen LogP contribution >= 0.6 is 35.8 Å². The number of anilines is 1. The topological polar surface area (TPSA) is 27.8 Å². The Hall–Kier alpha value is -0.640. The molecule has 0 atom stereocenters. The molecular formula is C8H6Cl3FN2. The van der Waals surface area contributed by atoms with Crippen molar-refractivity contribution >= 4 is 52.4 Å². The first-order chi connectivity index (χ1) is 6.22. The van der Waals surface area contributed by atoms with E-state index in [-0.39, 0.29) is 17.4 Å². The highest BCUT2D eigenvalue weighted by molar-refractivity contribution is 6.32. The average Bonchev–Trinajstić information content (AvgIpc) is 2.48. The van der Waals surface area contributed by atoms with E-state index < -0.39 is 5.82 Å². The summed E-state index contributed by atoms with van der Waals surface area (Å²) in [6, 6.07) is 2.85. The first-order valence-corrected chi connectivity index (χ1v) is 4.30. The zero-order valence-corrected chi connectivity index (χ0v) is 9.10. The summed E-state index contributed by atoms with van der Waals surface area (Å²) in [5.41, 5.74) is 1.34. The second kappa shape index (κ2) is 4.26. The van der Waals surface area contributed by atoms with E-state index in [2.05, 4.69) is 9.82 Å². The molecule has 2 nitrogen and oxygen atoms in total. The van der Waals surface area contributed by atoms with Gasteiger partial charge in [-0.1, -0.05) is 11.6 Å². The van der Waals surface area contributed by atoms with Crippen molar-refractivity contribution in [3.05, 3.63) is 29.2 Å².